The van der Waals surface area contributed by atoms with Crippen molar-refractivity contribution < 1.29 is 8.78 Å². The lowest BCUT2D eigenvalue weighted by atomic mass is 10.3. The fourth-order valence-electron chi connectivity index (χ4n) is 0.502. The third-order valence-electron chi connectivity index (χ3n) is 0.962. The predicted octanol–water partition coefficient (Wildman–Crippen LogP) is 2.18. The number of hydrogen-bond donors (Lipinski definition) is 1. The summed E-state index contributed by atoms with van der Waals surface area (Å²) in [5.41, 5.74) is 5.02. The van der Waals surface area contributed by atoms with Crippen LogP contribution in [0.5, 0.6) is 0 Å². The summed E-state index contributed by atoms with van der Waals surface area (Å²) in [5, 5.41) is 0. The van der Waals surface area contributed by atoms with Crippen molar-refractivity contribution in [2.24, 2.45) is 0 Å². The number of hydrogen-bond acceptors (Lipinski definition) is 1. The van der Waals surface area contributed by atoms with Gasteiger partial charge < -0.3 is 5.73 Å². The molecule has 0 heterocycles. The van der Waals surface area contributed by atoms with Crippen LogP contribution in [0.15, 0.2) is 18.2 Å². The van der Waals surface area contributed by atoms with Crippen LogP contribution in [0, 0.1) is 11.6 Å². The molecule has 3 heteroatoms. The van der Waals surface area contributed by atoms with Crippen LogP contribution in [-0.4, -0.2) is 0 Å². The van der Waals surface area contributed by atoms with E-state index in [0.717, 1.165) is 12.1 Å². The van der Waals surface area contributed by atoms with E-state index >= 15 is 0 Å². The van der Waals surface area contributed by atoms with Crippen molar-refractivity contribution in [2.75, 3.05) is 5.73 Å². The fraction of sp³-hybridized carbons (Fsp3) is 0.143. The Morgan fingerprint density at radius 1 is 1.20 bits per heavy atom. The van der Waals surface area contributed by atoms with E-state index in [9.17, 15) is 8.78 Å². The second kappa shape index (κ2) is 3.15. The molecule has 0 amide bonds. The minimum absolute atomic E-state index is 0. The first kappa shape index (κ1) is 8.88. The molecule has 0 bridgehead atoms. The molecule has 0 aliphatic rings. The maximum Gasteiger partial charge on any atom is 0.148 e. The molecule has 0 radical (unpaired) electrons. The number of halogens is 2. The number of nitrogens with two attached hydrogens (primary N) is 1. The van der Waals surface area contributed by atoms with Gasteiger partial charge in [0.1, 0.15) is 11.6 Å². The van der Waals surface area contributed by atoms with Gasteiger partial charge in [-0.3, -0.25) is 0 Å². The van der Waals surface area contributed by atoms with E-state index in [2.05, 4.69) is 0 Å². The molecule has 2 N–H and O–H groups in total. The molecule has 0 spiro atoms. The summed E-state index contributed by atoms with van der Waals surface area (Å²) in [5.74, 6) is -1.32. The van der Waals surface area contributed by atoms with E-state index < -0.39 is 11.6 Å². The second-order valence-electron chi connectivity index (χ2n) is 1.67. The first-order chi connectivity index (χ1) is 4.20. The molecule has 1 aromatic carbocycles. The molecule has 0 aliphatic carbocycles. The first-order valence-corrected chi connectivity index (χ1v) is 2.40. The summed E-state index contributed by atoms with van der Waals surface area (Å²) in [6.07, 6.45) is 0. The van der Waals surface area contributed by atoms with E-state index in [1.165, 1.54) is 6.07 Å². The van der Waals surface area contributed by atoms with Crippen LogP contribution in [0.2, 0.25) is 0 Å². The smallest absolute Gasteiger partial charge is 0.148 e. The summed E-state index contributed by atoms with van der Waals surface area (Å²) in [6.45, 7) is 0. The Morgan fingerprint density at radius 3 is 2.20 bits per heavy atom. The second-order valence-corrected chi connectivity index (χ2v) is 1.67. The van der Waals surface area contributed by atoms with Crippen molar-refractivity contribution in [3.05, 3.63) is 29.8 Å². The number of benzene rings is 1. The predicted molar refractivity (Wildman–Crippen MR) is 37.5 cm³/mol. The minimum atomic E-state index is -0.713. The highest BCUT2D eigenvalue weighted by Gasteiger charge is 1.96. The van der Waals surface area contributed by atoms with Gasteiger partial charge in [-0.1, -0.05) is 7.43 Å². The monoisotopic (exact) mass is 145 g/mol. The SMILES string of the molecule is C.Nc1ccc(F)cc1F. The fourth-order valence-corrected chi connectivity index (χ4v) is 0.502. The van der Waals surface area contributed by atoms with Crippen LogP contribution in [0.3, 0.4) is 0 Å². The zero-order valence-corrected chi connectivity index (χ0v) is 4.57. The van der Waals surface area contributed by atoms with Crippen LogP contribution in [0.4, 0.5) is 14.5 Å². The van der Waals surface area contributed by atoms with Crippen LogP contribution >= 0.6 is 0 Å². The molecule has 56 valence electrons. The molecular weight excluding hydrogens is 136 g/mol. The van der Waals surface area contributed by atoms with Gasteiger partial charge in [-0.05, 0) is 12.1 Å². The third kappa shape index (κ3) is 1.69. The molecule has 1 rings (SSSR count). The van der Waals surface area contributed by atoms with Gasteiger partial charge in [-0.15, -0.1) is 0 Å². The van der Waals surface area contributed by atoms with Gasteiger partial charge in [0, 0.05) is 6.07 Å². The lowest BCUT2D eigenvalue weighted by molar-refractivity contribution is 0.586. The van der Waals surface area contributed by atoms with Crippen molar-refractivity contribution in [1.82, 2.24) is 0 Å². The summed E-state index contributed by atoms with van der Waals surface area (Å²) >= 11 is 0. The molecule has 0 atom stereocenters. The summed E-state index contributed by atoms with van der Waals surface area (Å²) in [4.78, 5) is 0. The van der Waals surface area contributed by atoms with Gasteiger partial charge in [0.2, 0.25) is 0 Å². The molecule has 1 aromatic rings. The first-order valence-electron chi connectivity index (χ1n) is 2.40. The molecule has 0 aromatic heterocycles. The zero-order chi connectivity index (χ0) is 6.85. The lowest BCUT2D eigenvalue weighted by Gasteiger charge is -1.92. The Balaban J connectivity index is 0.000000810. The normalized spacial score (nSPS) is 8.60. The summed E-state index contributed by atoms with van der Waals surface area (Å²) in [6, 6.07) is 3.04. The molecule has 0 fully saturated rings. The summed E-state index contributed by atoms with van der Waals surface area (Å²) in [7, 11) is 0. The highest BCUT2D eigenvalue weighted by Crippen LogP contribution is 2.09. The standard InChI is InChI=1S/C6H5F2N.CH4/c7-4-1-2-6(9)5(8)3-4;/h1-3H,9H2;1H4. The highest BCUT2D eigenvalue weighted by atomic mass is 19.1. The van der Waals surface area contributed by atoms with Crippen LogP contribution in [0.1, 0.15) is 7.43 Å². The average molecular weight is 145 g/mol. The van der Waals surface area contributed by atoms with Gasteiger partial charge in [-0.25, -0.2) is 8.78 Å². The Labute approximate surface area is 58.5 Å². The Bertz CT molecular complexity index is 223. The summed E-state index contributed by atoms with van der Waals surface area (Å²) < 4.78 is 24.3. The Hall–Kier alpha value is -1.12. The van der Waals surface area contributed by atoms with Crippen molar-refractivity contribution in [3.8, 4) is 0 Å². The highest BCUT2D eigenvalue weighted by molar-refractivity contribution is 5.38. The van der Waals surface area contributed by atoms with Gasteiger partial charge in [-0.2, -0.15) is 0 Å². The van der Waals surface area contributed by atoms with Crippen molar-refractivity contribution in [3.63, 3.8) is 0 Å². The van der Waals surface area contributed by atoms with Crippen molar-refractivity contribution in [1.29, 1.82) is 0 Å². The molecule has 1 nitrogen and oxygen atoms in total. The molecule has 0 saturated carbocycles. The maximum absolute atomic E-state index is 12.2. The maximum atomic E-state index is 12.2. The molecule has 0 aliphatic heterocycles. The minimum Gasteiger partial charge on any atom is -0.396 e. The van der Waals surface area contributed by atoms with E-state index in [-0.39, 0.29) is 13.1 Å². The molecular formula is C7H9F2N. The van der Waals surface area contributed by atoms with Crippen LogP contribution in [-0.2, 0) is 0 Å². The van der Waals surface area contributed by atoms with E-state index in [0.29, 0.717) is 0 Å². The van der Waals surface area contributed by atoms with E-state index in [1.54, 1.807) is 0 Å². The van der Waals surface area contributed by atoms with E-state index in [4.69, 9.17) is 5.73 Å². The topological polar surface area (TPSA) is 26.0 Å². The molecule has 10 heavy (non-hydrogen) atoms. The Kier molecular flexibility index (Phi) is 2.80. The largest absolute Gasteiger partial charge is 0.396 e. The number of nitrogen functional groups attached to an aromatic ring is 1. The van der Waals surface area contributed by atoms with Crippen LogP contribution in [0.25, 0.3) is 0 Å². The average Bonchev–Trinajstić information content (AvgIpc) is 1.80. The van der Waals surface area contributed by atoms with E-state index in [1.807, 2.05) is 0 Å². The van der Waals surface area contributed by atoms with Gasteiger partial charge in [0.25, 0.3) is 0 Å². The quantitative estimate of drug-likeness (QED) is 0.556. The van der Waals surface area contributed by atoms with Crippen molar-refractivity contribution >= 4 is 5.69 Å². The van der Waals surface area contributed by atoms with Gasteiger partial charge in [0.15, 0.2) is 0 Å². The van der Waals surface area contributed by atoms with Crippen molar-refractivity contribution in [2.45, 2.75) is 7.43 Å². The Morgan fingerprint density at radius 2 is 1.80 bits per heavy atom. The molecule has 0 saturated heterocycles. The van der Waals surface area contributed by atoms with Gasteiger partial charge >= 0.3 is 0 Å². The zero-order valence-electron chi connectivity index (χ0n) is 4.57. The van der Waals surface area contributed by atoms with Gasteiger partial charge in [0.05, 0.1) is 5.69 Å². The third-order valence-corrected chi connectivity index (χ3v) is 0.962. The van der Waals surface area contributed by atoms with Crippen LogP contribution < -0.4 is 5.73 Å². The lowest BCUT2D eigenvalue weighted by Crippen LogP contribution is -1.89. The molecule has 0 unspecified atom stereocenters. The number of rotatable bonds is 0. The number of anilines is 1.